The lowest BCUT2D eigenvalue weighted by Crippen LogP contribution is -1.83. The van der Waals surface area contributed by atoms with Crippen molar-refractivity contribution in [3.05, 3.63) is 64.9 Å². The van der Waals surface area contributed by atoms with Gasteiger partial charge >= 0.3 is 0 Å². The number of hydrogen-bond acceptors (Lipinski definition) is 1. The third kappa shape index (κ3) is 2.28. The molecule has 1 aromatic carbocycles. The average Bonchev–Trinajstić information content (AvgIpc) is 2.80. The number of allylic oxidation sites excluding steroid dienone is 3. The zero-order valence-corrected chi connectivity index (χ0v) is 9.10. The number of thiol groups is 1. The lowest BCUT2D eigenvalue weighted by Gasteiger charge is -2.14. The highest BCUT2D eigenvalue weighted by Gasteiger charge is 2.08. The van der Waals surface area contributed by atoms with Gasteiger partial charge in [-0.2, -0.15) is 10.9 Å². The Bertz CT molecular complexity index is 417. The molecule has 1 heterocycles. The van der Waals surface area contributed by atoms with E-state index >= 15 is 0 Å². The van der Waals surface area contributed by atoms with Crippen LogP contribution in [0.2, 0.25) is 0 Å². The Labute approximate surface area is 92.2 Å². The molecule has 15 heavy (non-hydrogen) atoms. The number of hydrogen-bond donors (Lipinski definition) is 1. The summed E-state index contributed by atoms with van der Waals surface area (Å²) >= 11 is 0. The van der Waals surface area contributed by atoms with Crippen molar-refractivity contribution < 1.29 is 4.79 Å². The minimum absolute atomic E-state index is 0.422. The molecule has 0 aromatic heterocycles. The van der Waals surface area contributed by atoms with E-state index in [2.05, 4.69) is 10.8 Å². The second-order valence-electron chi connectivity index (χ2n) is 3.14. The Hall–Kier alpha value is -1.54. The summed E-state index contributed by atoms with van der Waals surface area (Å²) in [6.07, 6.45) is 6.60. The molecule has 1 aliphatic heterocycles. The number of aldehydes is 1. The lowest BCUT2D eigenvalue weighted by molar-refractivity contribution is -0.104. The number of carbonyl (C=O) groups is 1. The average molecular weight is 216 g/mol. The van der Waals surface area contributed by atoms with Gasteiger partial charge < -0.3 is 0 Å². The highest BCUT2D eigenvalue weighted by Crippen LogP contribution is 2.46. The molecule has 0 spiro atoms. The maximum Gasteiger partial charge on any atom is 0.143 e. The standard InChI is InChI=1S/C13H12OS/c14-9-8-13(15-10-4-5-11-15)12-6-2-1-3-7-12/h1-11,15H. The van der Waals surface area contributed by atoms with Crippen LogP contribution >= 0.6 is 10.9 Å². The number of carbonyl (C=O) groups excluding carboxylic acids is 1. The van der Waals surface area contributed by atoms with Crippen molar-refractivity contribution in [2.24, 2.45) is 0 Å². The molecule has 1 aromatic rings. The van der Waals surface area contributed by atoms with Gasteiger partial charge in [0.05, 0.1) is 0 Å². The topological polar surface area (TPSA) is 17.1 Å². The first-order valence-corrected chi connectivity index (χ1v) is 6.24. The molecule has 0 amide bonds. The van der Waals surface area contributed by atoms with E-state index in [9.17, 15) is 4.79 Å². The minimum Gasteiger partial charge on any atom is -0.299 e. The Kier molecular flexibility index (Phi) is 3.20. The van der Waals surface area contributed by atoms with Crippen LogP contribution in [0.1, 0.15) is 5.56 Å². The van der Waals surface area contributed by atoms with Gasteiger partial charge in [-0.1, -0.05) is 42.5 Å². The third-order valence-electron chi connectivity index (χ3n) is 2.18. The molecule has 2 heteroatoms. The van der Waals surface area contributed by atoms with Gasteiger partial charge in [-0.15, -0.1) is 0 Å². The van der Waals surface area contributed by atoms with E-state index in [1.165, 1.54) is 0 Å². The van der Waals surface area contributed by atoms with Crippen molar-refractivity contribution in [1.29, 1.82) is 0 Å². The Balaban J connectivity index is 2.36. The van der Waals surface area contributed by atoms with Gasteiger partial charge in [-0.3, -0.25) is 4.79 Å². The van der Waals surface area contributed by atoms with Gasteiger partial charge in [0.1, 0.15) is 6.29 Å². The molecule has 1 aliphatic rings. The second-order valence-corrected chi connectivity index (χ2v) is 5.04. The number of rotatable bonds is 3. The zero-order valence-electron chi connectivity index (χ0n) is 8.21. The first-order valence-electron chi connectivity index (χ1n) is 4.76. The fourth-order valence-corrected chi connectivity index (χ4v) is 3.17. The van der Waals surface area contributed by atoms with E-state index in [1.54, 1.807) is 6.08 Å². The van der Waals surface area contributed by atoms with Crippen molar-refractivity contribution in [1.82, 2.24) is 0 Å². The largest absolute Gasteiger partial charge is 0.299 e. The normalized spacial score (nSPS) is 17.1. The smallest absolute Gasteiger partial charge is 0.143 e. The maximum absolute atomic E-state index is 10.6. The summed E-state index contributed by atoms with van der Waals surface area (Å²) in [5, 5.41) is 4.30. The molecule has 0 radical (unpaired) electrons. The molecule has 76 valence electrons. The van der Waals surface area contributed by atoms with Crippen LogP contribution < -0.4 is 0 Å². The lowest BCUT2D eigenvalue weighted by atomic mass is 10.2. The van der Waals surface area contributed by atoms with E-state index in [0.29, 0.717) is 0 Å². The van der Waals surface area contributed by atoms with E-state index < -0.39 is 10.9 Å². The SMILES string of the molecule is O=CC=C(c1ccccc1)[SH]1C=CC=C1. The van der Waals surface area contributed by atoms with Crippen LogP contribution in [-0.4, -0.2) is 6.29 Å². The van der Waals surface area contributed by atoms with E-state index in [-0.39, 0.29) is 0 Å². The third-order valence-corrected chi connectivity index (χ3v) is 4.13. The van der Waals surface area contributed by atoms with E-state index in [0.717, 1.165) is 16.8 Å². The van der Waals surface area contributed by atoms with E-state index in [1.807, 2.05) is 42.5 Å². The predicted molar refractivity (Wildman–Crippen MR) is 67.7 cm³/mol. The summed E-state index contributed by atoms with van der Waals surface area (Å²) < 4.78 is 0. The molecule has 0 atom stereocenters. The van der Waals surface area contributed by atoms with Crippen molar-refractivity contribution in [3.63, 3.8) is 0 Å². The Morgan fingerprint density at radius 1 is 1.07 bits per heavy atom. The summed E-state index contributed by atoms with van der Waals surface area (Å²) in [6.45, 7) is 0. The fourth-order valence-electron chi connectivity index (χ4n) is 1.50. The molecule has 0 N–H and O–H groups in total. The molecule has 0 bridgehead atoms. The van der Waals surface area contributed by atoms with Gasteiger partial charge in [0.2, 0.25) is 0 Å². The molecule has 0 fully saturated rings. The maximum atomic E-state index is 10.6. The summed E-state index contributed by atoms with van der Waals surface area (Å²) in [5.41, 5.74) is 1.13. The number of benzene rings is 1. The molecule has 0 aliphatic carbocycles. The van der Waals surface area contributed by atoms with Crippen LogP contribution in [0.3, 0.4) is 0 Å². The fraction of sp³-hybridized carbons (Fsp3) is 0. The monoisotopic (exact) mass is 216 g/mol. The van der Waals surface area contributed by atoms with Crippen LogP contribution in [0.5, 0.6) is 0 Å². The van der Waals surface area contributed by atoms with Gasteiger partial charge in [0.15, 0.2) is 0 Å². The van der Waals surface area contributed by atoms with Crippen LogP contribution in [0.15, 0.2) is 59.4 Å². The van der Waals surface area contributed by atoms with Crippen molar-refractivity contribution >= 4 is 22.1 Å². The molecule has 0 saturated carbocycles. The predicted octanol–water partition coefficient (Wildman–Crippen LogP) is 3.27. The highest BCUT2D eigenvalue weighted by atomic mass is 32.2. The Morgan fingerprint density at radius 3 is 2.33 bits per heavy atom. The van der Waals surface area contributed by atoms with Crippen LogP contribution in [-0.2, 0) is 4.79 Å². The summed E-state index contributed by atoms with van der Waals surface area (Å²) in [4.78, 5) is 11.7. The van der Waals surface area contributed by atoms with Gasteiger partial charge in [0, 0.05) is 4.91 Å². The second kappa shape index (κ2) is 4.80. The zero-order chi connectivity index (χ0) is 10.5. The van der Waals surface area contributed by atoms with Crippen LogP contribution in [0, 0.1) is 0 Å². The van der Waals surface area contributed by atoms with Gasteiger partial charge in [0.25, 0.3) is 0 Å². The van der Waals surface area contributed by atoms with Crippen LogP contribution in [0.25, 0.3) is 4.91 Å². The van der Waals surface area contributed by atoms with Crippen molar-refractivity contribution in [2.45, 2.75) is 0 Å². The molecular formula is C13H12OS. The molecule has 0 unspecified atom stereocenters. The molecular weight excluding hydrogens is 204 g/mol. The molecule has 2 rings (SSSR count). The summed E-state index contributed by atoms with van der Waals surface area (Å²) in [5.74, 6) is 0. The molecule has 0 saturated heterocycles. The first kappa shape index (κ1) is 9.99. The van der Waals surface area contributed by atoms with Gasteiger partial charge in [-0.25, -0.2) is 0 Å². The van der Waals surface area contributed by atoms with E-state index in [4.69, 9.17) is 0 Å². The molecule has 1 nitrogen and oxygen atoms in total. The quantitative estimate of drug-likeness (QED) is 0.466. The first-order chi connectivity index (χ1) is 7.42. The van der Waals surface area contributed by atoms with Gasteiger partial charge in [-0.05, 0) is 22.5 Å². The van der Waals surface area contributed by atoms with Crippen molar-refractivity contribution in [2.75, 3.05) is 0 Å². The Morgan fingerprint density at radius 2 is 1.73 bits per heavy atom. The van der Waals surface area contributed by atoms with Crippen LogP contribution in [0.4, 0.5) is 0 Å². The van der Waals surface area contributed by atoms with Crippen molar-refractivity contribution in [3.8, 4) is 0 Å². The minimum atomic E-state index is -0.422. The summed E-state index contributed by atoms with van der Waals surface area (Å²) in [6, 6.07) is 10.0. The summed E-state index contributed by atoms with van der Waals surface area (Å²) in [7, 11) is -0.422. The highest BCUT2D eigenvalue weighted by molar-refractivity contribution is 8.30.